The smallest absolute Gasteiger partial charge is 0.226 e. The van der Waals surface area contributed by atoms with Gasteiger partial charge < -0.3 is 10.6 Å². The standard InChI is InChI=1S/C11H15NO.C10H13NO.2C2H6/c1-9(2)11(13)12-8-10-6-4-3-5-7-10;1-8(2)10(12)11-9-6-4-3-5-7-9;2*1-2/h3-7,9H,8H2,1-2H3,(H,12,13);3-8H,1-2H3,(H,11,12);2*1-2H3. The third kappa shape index (κ3) is 15.0. The minimum absolute atomic E-state index is 0.0326. The number of amides is 2. The Morgan fingerprint density at radius 1 is 0.690 bits per heavy atom. The predicted molar refractivity (Wildman–Crippen MR) is 126 cm³/mol. The van der Waals surface area contributed by atoms with Crippen molar-refractivity contribution in [2.24, 2.45) is 11.8 Å². The van der Waals surface area contributed by atoms with E-state index in [1.165, 1.54) is 0 Å². The lowest BCUT2D eigenvalue weighted by Gasteiger charge is -2.06. The molecule has 0 saturated carbocycles. The molecule has 0 aliphatic heterocycles. The molecule has 0 unspecified atom stereocenters. The molecule has 2 aromatic carbocycles. The van der Waals surface area contributed by atoms with Gasteiger partial charge in [0, 0.05) is 24.1 Å². The average molecular weight is 401 g/mol. The van der Waals surface area contributed by atoms with E-state index in [-0.39, 0.29) is 23.7 Å². The number of carbonyl (C=O) groups is 2. The van der Waals surface area contributed by atoms with Crippen molar-refractivity contribution in [3.63, 3.8) is 0 Å². The van der Waals surface area contributed by atoms with Gasteiger partial charge >= 0.3 is 0 Å². The number of hydrogen-bond acceptors (Lipinski definition) is 2. The molecule has 0 heterocycles. The molecule has 2 amide bonds. The molecular formula is C25H40N2O2. The molecule has 162 valence electrons. The maximum absolute atomic E-state index is 11.2. The highest BCUT2D eigenvalue weighted by atomic mass is 16.2. The van der Waals surface area contributed by atoms with E-state index in [0.29, 0.717) is 6.54 Å². The number of hydrogen-bond donors (Lipinski definition) is 2. The Labute approximate surface area is 178 Å². The Hall–Kier alpha value is -2.62. The molecule has 2 N–H and O–H groups in total. The van der Waals surface area contributed by atoms with Crippen LogP contribution in [0, 0.1) is 11.8 Å². The molecule has 29 heavy (non-hydrogen) atoms. The van der Waals surface area contributed by atoms with Crippen LogP contribution >= 0.6 is 0 Å². The minimum atomic E-state index is 0.0326. The molecule has 0 aromatic heterocycles. The highest BCUT2D eigenvalue weighted by Gasteiger charge is 2.06. The first kappa shape index (κ1) is 28.6. The lowest BCUT2D eigenvalue weighted by Crippen LogP contribution is -2.26. The number of benzene rings is 2. The van der Waals surface area contributed by atoms with E-state index < -0.39 is 0 Å². The average Bonchev–Trinajstić information content (AvgIpc) is 2.76. The van der Waals surface area contributed by atoms with Crippen molar-refractivity contribution in [3.8, 4) is 0 Å². The number of rotatable bonds is 5. The van der Waals surface area contributed by atoms with Crippen LogP contribution in [0.4, 0.5) is 5.69 Å². The van der Waals surface area contributed by atoms with Crippen LogP contribution in [0.3, 0.4) is 0 Å². The summed E-state index contributed by atoms with van der Waals surface area (Å²) in [7, 11) is 0. The Morgan fingerprint density at radius 3 is 1.52 bits per heavy atom. The number of carbonyl (C=O) groups excluding carboxylic acids is 2. The molecule has 4 nitrogen and oxygen atoms in total. The molecule has 0 aliphatic carbocycles. The Balaban J connectivity index is 0. The van der Waals surface area contributed by atoms with Gasteiger partial charge in [0.1, 0.15) is 0 Å². The summed E-state index contributed by atoms with van der Waals surface area (Å²) >= 11 is 0. The summed E-state index contributed by atoms with van der Waals surface area (Å²) < 4.78 is 0. The summed E-state index contributed by atoms with van der Waals surface area (Å²) in [6.45, 7) is 16.1. The van der Waals surface area contributed by atoms with Gasteiger partial charge in [0.05, 0.1) is 0 Å². The summed E-state index contributed by atoms with van der Waals surface area (Å²) in [4.78, 5) is 22.4. The molecule has 4 heteroatoms. The van der Waals surface area contributed by atoms with Crippen molar-refractivity contribution >= 4 is 17.5 Å². The van der Waals surface area contributed by atoms with E-state index in [4.69, 9.17) is 0 Å². The van der Waals surface area contributed by atoms with Crippen LogP contribution in [-0.2, 0) is 16.1 Å². The van der Waals surface area contributed by atoms with Gasteiger partial charge in [-0.2, -0.15) is 0 Å². The van der Waals surface area contributed by atoms with E-state index in [0.717, 1.165) is 11.3 Å². The van der Waals surface area contributed by atoms with Crippen LogP contribution in [0.1, 0.15) is 61.0 Å². The van der Waals surface area contributed by atoms with Crippen LogP contribution < -0.4 is 10.6 Å². The van der Waals surface area contributed by atoms with Gasteiger partial charge in [-0.05, 0) is 17.7 Å². The maximum atomic E-state index is 11.2. The number of nitrogens with one attached hydrogen (secondary N) is 2. The SMILES string of the molecule is CC.CC.CC(C)C(=O)NCc1ccccc1.CC(C)C(=O)Nc1ccccc1. The molecule has 2 aromatic rings. The van der Waals surface area contributed by atoms with E-state index >= 15 is 0 Å². The van der Waals surface area contributed by atoms with Gasteiger partial charge in [-0.25, -0.2) is 0 Å². The molecule has 0 aliphatic rings. The maximum Gasteiger partial charge on any atom is 0.226 e. The molecular weight excluding hydrogens is 360 g/mol. The fourth-order valence-corrected chi connectivity index (χ4v) is 1.80. The van der Waals surface area contributed by atoms with Gasteiger partial charge in [0.15, 0.2) is 0 Å². The predicted octanol–water partition coefficient (Wildman–Crippen LogP) is 6.29. The lowest BCUT2D eigenvalue weighted by atomic mass is 10.2. The Kier molecular flexibility index (Phi) is 18.5. The second kappa shape index (κ2) is 18.7. The largest absolute Gasteiger partial charge is 0.352 e. The topological polar surface area (TPSA) is 58.2 Å². The van der Waals surface area contributed by atoms with Crippen LogP contribution in [0.25, 0.3) is 0 Å². The monoisotopic (exact) mass is 400 g/mol. The lowest BCUT2D eigenvalue weighted by molar-refractivity contribution is -0.124. The van der Waals surface area contributed by atoms with Crippen molar-refractivity contribution in [2.75, 3.05) is 5.32 Å². The Bertz CT molecular complexity index is 638. The highest BCUT2D eigenvalue weighted by Crippen LogP contribution is 2.06. The van der Waals surface area contributed by atoms with Gasteiger partial charge in [0.2, 0.25) is 11.8 Å². The van der Waals surface area contributed by atoms with Crippen molar-refractivity contribution < 1.29 is 9.59 Å². The molecule has 0 saturated heterocycles. The first-order valence-electron chi connectivity index (χ1n) is 10.6. The van der Waals surface area contributed by atoms with E-state index in [2.05, 4.69) is 10.6 Å². The van der Waals surface area contributed by atoms with E-state index in [1.54, 1.807) is 0 Å². The number of para-hydroxylation sites is 1. The van der Waals surface area contributed by atoms with Crippen LogP contribution in [-0.4, -0.2) is 11.8 Å². The fourth-order valence-electron chi connectivity index (χ4n) is 1.80. The van der Waals surface area contributed by atoms with E-state index in [9.17, 15) is 9.59 Å². The first-order chi connectivity index (χ1) is 13.9. The Morgan fingerprint density at radius 2 is 1.10 bits per heavy atom. The zero-order valence-corrected chi connectivity index (χ0v) is 19.5. The molecule has 2 rings (SSSR count). The van der Waals surface area contributed by atoms with Gasteiger partial charge in [-0.1, -0.05) is 104 Å². The summed E-state index contributed by atoms with van der Waals surface area (Å²) in [6, 6.07) is 19.4. The summed E-state index contributed by atoms with van der Waals surface area (Å²) in [5.74, 6) is 0.249. The van der Waals surface area contributed by atoms with Gasteiger partial charge in [-0.3, -0.25) is 9.59 Å². The second-order valence-electron chi connectivity index (χ2n) is 6.37. The van der Waals surface area contributed by atoms with Crippen molar-refractivity contribution in [1.82, 2.24) is 5.32 Å². The minimum Gasteiger partial charge on any atom is -0.352 e. The van der Waals surface area contributed by atoms with Crippen molar-refractivity contribution in [3.05, 3.63) is 66.2 Å². The van der Waals surface area contributed by atoms with Crippen molar-refractivity contribution in [1.29, 1.82) is 0 Å². The third-order valence-electron chi connectivity index (χ3n) is 3.40. The summed E-state index contributed by atoms with van der Waals surface area (Å²) in [6.07, 6.45) is 0. The summed E-state index contributed by atoms with van der Waals surface area (Å²) in [5.41, 5.74) is 1.99. The van der Waals surface area contributed by atoms with Gasteiger partial charge in [-0.15, -0.1) is 0 Å². The fraction of sp³-hybridized carbons (Fsp3) is 0.440. The molecule has 0 fully saturated rings. The third-order valence-corrected chi connectivity index (χ3v) is 3.40. The summed E-state index contributed by atoms with van der Waals surface area (Å²) in [5, 5.41) is 5.66. The second-order valence-corrected chi connectivity index (χ2v) is 6.37. The molecule has 0 atom stereocenters. The first-order valence-corrected chi connectivity index (χ1v) is 10.6. The van der Waals surface area contributed by atoms with E-state index in [1.807, 2.05) is 116 Å². The molecule has 0 bridgehead atoms. The zero-order chi connectivity index (χ0) is 22.7. The van der Waals surface area contributed by atoms with Crippen LogP contribution in [0.5, 0.6) is 0 Å². The normalized spacial score (nSPS) is 9.03. The van der Waals surface area contributed by atoms with Crippen LogP contribution in [0.2, 0.25) is 0 Å². The zero-order valence-electron chi connectivity index (χ0n) is 19.5. The number of anilines is 1. The van der Waals surface area contributed by atoms with Crippen LogP contribution in [0.15, 0.2) is 60.7 Å². The molecule has 0 spiro atoms. The quantitative estimate of drug-likeness (QED) is 0.619. The van der Waals surface area contributed by atoms with Crippen molar-refractivity contribution in [2.45, 2.75) is 61.9 Å². The highest BCUT2D eigenvalue weighted by molar-refractivity contribution is 5.91. The molecule has 0 radical (unpaired) electrons. The van der Waals surface area contributed by atoms with Gasteiger partial charge in [0.25, 0.3) is 0 Å².